The molecule has 2 aliphatic rings. The molecule has 0 saturated heterocycles. The van der Waals surface area contributed by atoms with Crippen molar-refractivity contribution in [2.24, 2.45) is 0 Å². The lowest BCUT2D eigenvalue weighted by molar-refractivity contribution is -0.136. The van der Waals surface area contributed by atoms with E-state index in [-0.39, 0.29) is 28.9 Å². The highest BCUT2D eigenvalue weighted by Gasteiger charge is 2.22. The zero-order valence-corrected chi connectivity index (χ0v) is 17.5. The highest BCUT2D eigenvalue weighted by molar-refractivity contribution is 7.98. The van der Waals surface area contributed by atoms with Crippen molar-refractivity contribution in [3.05, 3.63) is 75.9 Å². The SMILES string of the molecule is O=C(O)CCSCc1ccc(-c2c3ccc(=O)cc-3oc3cc(O)ccc23)c(C(=O)O)c1. The maximum atomic E-state index is 12.1. The number of carbonyl (C=O) groups is 2. The summed E-state index contributed by atoms with van der Waals surface area (Å²) in [4.78, 5) is 34.7. The van der Waals surface area contributed by atoms with Gasteiger partial charge >= 0.3 is 11.9 Å². The smallest absolute Gasteiger partial charge is 0.336 e. The highest BCUT2D eigenvalue weighted by atomic mass is 32.2. The standard InChI is InChI=1S/C24H18O7S/c25-14-2-5-17-20(10-14)31-21-11-15(26)3-6-18(21)23(17)16-4-1-13(9-19(16)24(29)30)12-32-8-7-22(27)28/h1-6,9-11,25H,7-8,12H2,(H,27,28)(H,29,30). The van der Waals surface area contributed by atoms with Crippen molar-refractivity contribution in [1.29, 1.82) is 0 Å². The first-order valence-corrected chi connectivity index (χ1v) is 10.8. The molecule has 0 aromatic heterocycles. The monoisotopic (exact) mass is 450 g/mol. The topological polar surface area (TPSA) is 125 Å². The lowest BCUT2D eigenvalue weighted by Gasteiger charge is -2.17. The molecule has 0 fully saturated rings. The molecule has 0 bridgehead atoms. The Labute approximate surface area is 186 Å². The van der Waals surface area contributed by atoms with Crippen molar-refractivity contribution in [3.63, 3.8) is 0 Å². The molecule has 7 nitrogen and oxygen atoms in total. The number of thioether (sulfide) groups is 1. The van der Waals surface area contributed by atoms with Gasteiger partial charge in [-0.1, -0.05) is 12.1 Å². The number of phenolic OH excluding ortho intramolecular Hbond substituents is 1. The minimum Gasteiger partial charge on any atom is -0.508 e. The Hall–Kier alpha value is -3.78. The third-order valence-corrected chi connectivity index (χ3v) is 6.02. The van der Waals surface area contributed by atoms with Crippen LogP contribution in [0.4, 0.5) is 0 Å². The van der Waals surface area contributed by atoms with E-state index in [1.165, 1.54) is 36.0 Å². The Bertz CT molecular complexity index is 1370. The number of benzene rings is 3. The molecule has 2 aromatic rings. The number of carboxylic acids is 2. The second-order valence-corrected chi connectivity index (χ2v) is 8.30. The van der Waals surface area contributed by atoms with Gasteiger partial charge in [-0.15, -0.1) is 0 Å². The molecule has 0 unspecified atom stereocenters. The van der Waals surface area contributed by atoms with Gasteiger partial charge < -0.3 is 19.7 Å². The number of hydrogen-bond donors (Lipinski definition) is 3. The van der Waals surface area contributed by atoms with Crippen LogP contribution >= 0.6 is 11.8 Å². The van der Waals surface area contributed by atoms with Crippen LogP contribution in [-0.4, -0.2) is 33.0 Å². The zero-order chi connectivity index (χ0) is 22.8. The van der Waals surface area contributed by atoms with Crippen molar-refractivity contribution in [1.82, 2.24) is 0 Å². The predicted molar refractivity (Wildman–Crippen MR) is 122 cm³/mol. The fraction of sp³-hybridized carbons (Fsp3) is 0.125. The summed E-state index contributed by atoms with van der Waals surface area (Å²) >= 11 is 1.41. The molecule has 0 amide bonds. The van der Waals surface area contributed by atoms with Crippen LogP contribution in [0.25, 0.3) is 33.4 Å². The van der Waals surface area contributed by atoms with Crippen molar-refractivity contribution in [2.75, 3.05) is 5.75 Å². The van der Waals surface area contributed by atoms with Crippen LogP contribution in [0, 0.1) is 0 Å². The largest absolute Gasteiger partial charge is 0.508 e. The van der Waals surface area contributed by atoms with Crippen LogP contribution in [0.15, 0.2) is 63.8 Å². The molecule has 2 aromatic carbocycles. The van der Waals surface area contributed by atoms with Crippen molar-refractivity contribution in [2.45, 2.75) is 12.2 Å². The summed E-state index contributed by atoms with van der Waals surface area (Å²) < 4.78 is 5.82. The molecule has 0 saturated carbocycles. The molecule has 8 heteroatoms. The Morgan fingerprint density at radius 3 is 2.47 bits per heavy atom. The van der Waals surface area contributed by atoms with Crippen LogP contribution in [0.2, 0.25) is 0 Å². The van der Waals surface area contributed by atoms with Gasteiger partial charge in [0.25, 0.3) is 0 Å². The van der Waals surface area contributed by atoms with Gasteiger partial charge in [0.1, 0.15) is 17.1 Å². The molecule has 1 heterocycles. The third-order valence-electron chi connectivity index (χ3n) is 4.99. The summed E-state index contributed by atoms with van der Waals surface area (Å²) in [5.41, 5.74) is 2.52. The Morgan fingerprint density at radius 1 is 0.938 bits per heavy atom. The quantitative estimate of drug-likeness (QED) is 0.274. The van der Waals surface area contributed by atoms with Gasteiger partial charge in [0.15, 0.2) is 5.43 Å². The average molecular weight is 450 g/mol. The lowest BCUT2D eigenvalue weighted by atomic mass is 9.90. The van der Waals surface area contributed by atoms with E-state index in [0.717, 1.165) is 5.56 Å². The van der Waals surface area contributed by atoms with Crippen molar-refractivity contribution in [3.8, 4) is 28.2 Å². The lowest BCUT2D eigenvalue weighted by Crippen LogP contribution is -2.04. The van der Waals surface area contributed by atoms with Crippen LogP contribution in [0.3, 0.4) is 0 Å². The molecule has 1 aliphatic carbocycles. The van der Waals surface area contributed by atoms with Crippen molar-refractivity contribution >= 4 is 34.7 Å². The molecule has 4 rings (SSSR count). The van der Waals surface area contributed by atoms with Gasteiger partial charge in [-0.3, -0.25) is 9.59 Å². The van der Waals surface area contributed by atoms with Crippen LogP contribution in [0.5, 0.6) is 5.75 Å². The van der Waals surface area contributed by atoms with E-state index in [1.807, 2.05) is 0 Å². The first kappa shape index (κ1) is 21.5. The molecular formula is C24H18O7S. The van der Waals surface area contributed by atoms with E-state index in [1.54, 1.807) is 30.3 Å². The summed E-state index contributed by atoms with van der Waals surface area (Å²) in [5.74, 6) is -0.811. The van der Waals surface area contributed by atoms with Crippen LogP contribution in [-0.2, 0) is 10.5 Å². The number of aliphatic carboxylic acids is 1. The molecule has 0 atom stereocenters. The zero-order valence-electron chi connectivity index (χ0n) is 16.7. The molecule has 0 radical (unpaired) electrons. The summed E-state index contributed by atoms with van der Waals surface area (Å²) in [7, 11) is 0. The van der Waals surface area contributed by atoms with Gasteiger partial charge in [0.05, 0.1) is 12.0 Å². The van der Waals surface area contributed by atoms with Crippen LogP contribution < -0.4 is 5.43 Å². The number of fused-ring (bicyclic) bond motifs is 2. The summed E-state index contributed by atoms with van der Waals surface area (Å²) in [6.45, 7) is 0. The maximum absolute atomic E-state index is 12.1. The average Bonchev–Trinajstić information content (AvgIpc) is 2.74. The normalized spacial score (nSPS) is 11.1. The number of rotatable bonds is 7. The molecule has 0 spiro atoms. The minimum absolute atomic E-state index is 0.0166. The predicted octanol–water partition coefficient (Wildman–Crippen LogP) is 4.68. The van der Waals surface area contributed by atoms with Gasteiger partial charge in [0, 0.05) is 40.2 Å². The van der Waals surface area contributed by atoms with E-state index in [4.69, 9.17) is 9.52 Å². The summed E-state index contributed by atoms with van der Waals surface area (Å²) in [6, 6.07) is 14.0. The van der Waals surface area contributed by atoms with E-state index in [0.29, 0.717) is 39.2 Å². The van der Waals surface area contributed by atoms with Crippen LogP contribution in [0.1, 0.15) is 22.3 Å². The first-order valence-electron chi connectivity index (χ1n) is 9.69. The second-order valence-electron chi connectivity index (χ2n) is 7.20. The van der Waals surface area contributed by atoms with Gasteiger partial charge in [0.2, 0.25) is 0 Å². The number of aromatic hydroxyl groups is 1. The number of aromatic carboxylic acids is 1. The van der Waals surface area contributed by atoms with Gasteiger partial charge in [-0.2, -0.15) is 11.8 Å². The second kappa shape index (κ2) is 8.76. The van der Waals surface area contributed by atoms with E-state index < -0.39 is 11.9 Å². The number of phenols is 1. The first-order chi connectivity index (χ1) is 15.3. The van der Waals surface area contributed by atoms with E-state index in [9.17, 15) is 24.6 Å². The molecule has 162 valence electrons. The van der Waals surface area contributed by atoms with Gasteiger partial charge in [-0.25, -0.2) is 4.79 Å². The maximum Gasteiger partial charge on any atom is 0.336 e. The molecule has 3 N–H and O–H groups in total. The van der Waals surface area contributed by atoms with Crippen molar-refractivity contribution < 1.29 is 29.3 Å². The number of carboxylic acid groups (broad SMARTS) is 2. The highest BCUT2D eigenvalue weighted by Crippen LogP contribution is 2.42. The summed E-state index contributed by atoms with van der Waals surface area (Å²) in [6.07, 6.45) is 0.0363. The molecule has 32 heavy (non-hydrogen) atoms. The third kappa shape index (κ3) is 4.31. The Kier molecular flexibility index (Phi) is 5.87. The minimum atomic E-state index is -1.11. The fourth-order valence-electron chi connectivity index (χ4n) is 3.57. The summed E-state index contributed by atoms with van der Waals surface area (Å²) in [5, 5.41) is 29.2. The molecule has 1 aliphatic heterocycles. The Morgan fingerprint density at radius 2 is 1.72 bits per heavy atom. The molecular weight excluding hydrogens is 432 g/mol. The number of hydrogen-bond acceptors (Lipinski definition) is 6. The van der Waals surface area contributed by atoms with E-state index in [2.05, 4.69) is 0 Å². The Balaban J connectivity index is 1.88. The van der Waals surface area contributed by atoms with Gasteiger partial charge in [-0.05, 0) is 41.5 Å². The fourth-order valence-corrected chi connectivity index (χ4v) is 4.45. The van der Waals surface area contributed by atoms with E-state index >= 15 is 0 Å².